The van der Waals surface area contributed by atoms with Gasteiger partial charge in [-0.15, -0.1) is 0 Å². The fourth-order valence-corrected chi connectivity index (χ4v) is 3.02. The fraction of sp³-hybridized carbons (Fsp3) is 0.368. The SMILES string of the molecule is OC(c1ccc(OC2CC2)cc1)C1CC1c1ccccc1. The normalized spacial score (nSPS) is 25.4. The summed E-state index contributed by atoms with van der Waals surface area (Å²) < 4.78 is 5.74. The van der Waals surface area contributed by atoms with Crippen molar-refractivity contribution in [3.05, 3.63) is 65.7 Å². The molecule has 2 fully saturated rings. The van der Waals surface area contributed by atoms with Gasteiger partial charge in [0.15, 0.2) is 0 Å². The second-order valence-corrected chi connectivity index (χ2v) is 6.25. The fourth-order valence-electron chi connectivity index (χ4n) is 3.02. The van der Waals surface area contributed by atoms with Crippen LogP contribution in [0, 0.1) is 5.92 Å². The van der Waals surface area contributed by atoms with Crippen LogP contribution in [0.25, 0.3) is 0 Å². The maximum Gasteiger partial charge on any atom is 0.119 e. The minimum atomic E-state index is -0.370. The topological polar surface area (TPSA) is 29.5 Å². The lowest BCUT2D eigenvalue weighted by molar-refractivity contribution is 0.151. The Labute approximate surface area is 125 Å². The average molecular weight is 280 g/mol. The Morgan fingerprint density at radius 3 is 2.33 bits per heavy atom. The highest BCUT2D eigenvalue weighted by molar-refractivity contribution is 5.33. The van der Waals surface area contributed by atoms with Crippen molar-refractivity contribution < 1.29 is 9.84 Å². The van der Waals surface area contributed by atoms with E-state index in [1.807, 2.05) is 30.3 Å². The van der Waals surface area contributed by atoms with Crippen molar-refractivity contribution in [3.8, 4) is 5.75 Å². The van der Waals surface area contributed by atoms with E-state index in [2.05, 4.69) is 24.3 Å². The summed E-state index contributed by atoms with van der Waals surface area (Å²) in [5.41, 5.74) is 2.34. The van der Waals surface area contributed by atoms with Gasteiger partial charge in [-0.25, -0.2) is 0 Å². The van der Waals surface area contributed by atoms with Gasteiger partial charge >= 0.3 is 0 Å². The van der Waals surface area contributed by atoms with Crippen LogP contribution in [0.15, 0.2) is 54.6 Å². The molecule has 2 heteroatoms. The number of aliphatic hydroxyl groups excluding tert-OH is 1. The molecule has 3 atom stereocenters. The summed E-state index contributed by atoms with van der Waals surface area (Å²) >= 11 is 0. The third kappa shape index (κ3) is 2.81. The molecule has 0 bridgehead atoms. The average Bonchev–Trinajstić information content (AvgIpc) is 3.43. The lowest BCUT2D eigenvalue weighted by Gasteiger charge is -2.12. The van der Waals surface area contributed by atoms with E-state index in [1.54, 1.807) is 0 Å². The van der Waals surface area contributed by atoms with Gasteiger partial charge in [0, 0.05) is 0 Å². The van der Waals surface area contributed by atoms with Crippen LogP contribution in [-0.2, 0) is 0 Å². The zero-order valence-electron chi connectivity index (χ0n) is 12.0. The van der Waals surface area contributed by atoms with Crippen LogP contribution in [0.4, 0.5) is 0 Å². The standard InChI is InChI=1S/C19H20O2/c20-19(18-12-17(18)13-4-2-1-3-5-13)14-6-8-15(9-7-14)21-16-10-11-16/h1-9,16-20H,10-12H2. The Morgan fingerprint density at radius 1 is 0.952 bits per heavy atom. The molecule has 2 saturated carbocycles. The maximum absolute atomic E-state index is 10.5. The van der Waals surface area contributed by atoms with Gasteiger partial charge in [-0.3, -0.25) is 0 Å². The second kappa shape index (κ2) is 5.19. The quantitative estimate of drug-likeness (QED) is 0.894. The van der Waals surface area contributed by atoms with Crippen molar-refractivity contribution in [2.45, 2.75) is 37.4 Å². The summed E-state index contributed by atoms with van der Waals surface area (Å²) in [4.78, 5) is 0. The molecule has 2 aromatic carbocycles. The minimum absolute atomic E-state index is 0.350. The molecule has 1 N–H and O–H groups in total. The molecule has 108 valence electrons. The molecular weight excluding hydrogens is 260 g/mol. The van der Waals surface area contributed by atoms with Crippen molar-refractivity contribution >= 4 is 0 Å². The zero-order valence-corrected chi connectivity index (χ0v) is 12.0. The summed E-state index contributed by atoms with van der Waals surface area (Å²) in [6, 6.07) is 18.5. The van der Waals surface area contributed by atoms with Crippen LogP contribution < -0.4 is 4.74 Å². The molecule has 0 spiro atoms. The van der Waals surface area contributed by atoms with Crippen LogP contribution in [-0.4, -0.2) is 11.2 Å². The molecule has 4 rings (SSSR count). The molecule has 2 nitrogen and oxygen atoms in total. The van der Waals surface area contributed by atoms with E-state index in [0.29, 0.717) is 17.9 Å². The first-order chi connectivity index (χ1) is 10.3. The number of hydrogen-bond donors (Lipinski definition) is 1. The summed E-state index contributed by atoms with van der Waals surface area (Å²) in [6.07, 6.45) is 3.47. The Hall–Kier alpha value is -1.80. The molecule has 0 radical (unpaired) electrons. The van der Waals surface area contributed by atoms with E-state index in [4.69, 9.17) is 4.74 Å². The Morgan fingerprint density at radius 2 is 1.67 bits per heavy atom. The largest absolute Gasteiger partial charge is 0.490 e. The molecule has 2 aromatic rings. The van der Waals surface area contributed by atoms with Gasteiger partial charge in [-0.1, -0.05) is 42.5 Å². The van der Waals surface area contributed by atoms with Crippen molar-refractivity contribution in [1.29, 1.82) is 0 Å². The van der Waals surface area contributed by atoms with Crippen molar-refractivity contribution in [1.82, 2.24) is 0 Å². The van der Waals surface area contributed by atoms with Crippen LogP contribution in [0.3, 0.4) is 0 Å². The zero-order chi connectivity index (χ0) is 14.2. The number of aliphatic hydroxyl groups is 1. The van der Waals surface area contributed by atoms with Crippen molar-refractivity contribution in [2.24, 2.45) is 5.92 Å². The predicted molar refractivity (Wildman–Crippen MR) is 82.3 cm³/mol. The lowest BCUT2D eigenvalue weighted by atomic mass is 10.0. The molecular formula is C19H20O2. The first-order valence-corrected chi connectivity index (χ1v) is 7.81. The molecule has 0 amide bonds. The number of rotatable bonds is 5. The maximum atomic E-state index is 10.5. The Balaban J connectivity index is 1.42. The highest BCUT2D eigenvalue weighted by Crippen LogP contribution is 2.54. The molecule has 0 aromatic heterocycles. The first kappa shape index (κ1) is 12.9. The molecule has 21 heavy (non-hydrogen) atoms. The molecule has 0 heterocycles. The van der Waals surface area contributed by atoms with Gasteiger partial charge in [-0.05, 0) is 54.4 Å². The Kier molecular flexibility index (Phi) is 3.19. The summed E-state index contributed by atoms with van der Waals surface area (Å²) in [6.45, 7) is 0. The number of hydrogen-bond acceptors (Lipinski definition) is 2. The van der Waals surface area contributed by atoms with E-state index in [9.17, 15) is 5.11 Å². The van der Waals surface area contributed by atoms with Crippen LogP contribution in [0.2, 0.25) is 0 Å². The van der Waals surface area contributed by atoms with Gasteiger partial charge in [0.1, 0.15) is 5.75 Å². The number of benzene rings is 2. The van der Waals surface area contributed by atoms with Gasteiger partial charge in [0.05, 0.1) is 12.2 Å². The molecule has 2 aliphatic rings. The number of ether oxygens (including phenoxy) is 1. The summed E-state index contributed by atoms with van der Waals surface area (Å²) in [7, 11) is 0. The van der Waals surface area contributed by atoms with Crippen LogP contribution >= 0.6 is 0 Å². The minimum Gasteiger partial charge on any atom is -0.490 e. The third-order valence-electron chi connectivity index (χ3n) is 4.52. The highest BCUT2D eigenvalue weighted by Gasteiger charge is 2.43. The van der Waals surface area contributed by atoms with Gasteiger partial charge < -0.3 is 9.84 Å². The highest BCUT2D eigenvalue weighted by atomic mass is 16.5. The van der Waals surface area contributed by atoms with Crippen LogP contribution in [0.5, 0.6) is 5.75 Å². The van der Waals surface area contributed by atoms with E-state index in [1.165, 1.54) is 18.4 Å². The van der Waals surface area contributed by atoms with E-state index >= 15 is 0 Å². The second-order valence-electron chi connectivity index (χ2n) is 6.25. The summed E-state index contributed by atoms with van der Waals surface area (Å²) in [5.74, 6) is 1.77. The van der Waals surface area contributed by atoms with Crippen molar-refractivity contribution in [3.63, 3.8) is 0 Å². The van der Waals surface area contributed by atoms with Crippen molar-refractivity contribution in [2.75, 3.05) is 0 Å². The Bertz CT molecular complexity index is 601. The van der Waals surface area contributed by atoms with E-state index < -0.39 is 0 Å². The molecule has 2 aliphatic carbocycles. The molecule has 0 saturated heterocycles. The summed E-state index contributed by atoms with van der Waals surface area (Å²) in [5, 5.41) is 10.5. The van der Waals surface area contributed by atoms with E-state index in [-0.39, 0.29) is 6.10 Å². The smallest absolute Gasteiger partial charge is 0.119 e. The predicted octanol–water partition coefficient (Wildman–Crippen LogP) is 4.06. The molecule has 3 unspecified atom stereocenters. The van der Waals surface area contributed by atoms with Gasteiger partial charge in [0.2, 0.25) is 0 Å². The van der Waals surface area contributed by atoms with E-state index in [0.717, 1.165) is 17.7 Å². The lowest BCUT2D eigenvalue weighted by Crippen LogP contribution is -2.02. The van der Waals surface area contributed by atoms with Crippen LogP contribution in [0.1, 0.15) is 42.4 Å². The molecule has 0 aliphatic heterocycles. The monoisotopic (exact) mass is 280 g/mol. The van der Waals surface area contributed by atoms with Gasteiger partial charge in [-0.2, -0.15) is 0 Å². The first-order valence-electron chi connectivity index (χ1n) is 7.81. The van der Waals surface area contributed by atoms with Gasteiger partial charge in [0.25, 0.3) is 0 Å². The third-order valence-corrected chi connectivity index (χ3v) is 4.52.